The maximum absolute atomic E-state index is 10.1. The number of rotatable bonds is 20. The Bertz CT molecular complexity index is 342. The summed E-state index contributed by atoms with van der Waals surface area (Å²) in [5.74, 6) is 2.50. The molecule has 1 atom stereocenters. The summed E-state index contributed by atoms with van der Waals surface area (Å²) in [6.45, 7) is 2.57. The van der Waals surface area contributed by atoms with E-state index in [4.69, 9.17) is 0 Å². The Morgan fingerprint density at radius 3 is 1.88 bits per heavy atom. The van der Waals surface area contributed by atoms with Gasteiger partial charge in [-0.1, -0.05) is 83.3 Å². The molecule has 1 unspecified atom stereocenters. The van der Waals surface area contributed by atoms with Crippen LogP contribution in [0.3, 0.4) is 0 Å². The molecule has 0 radical (unpaired) electrons. The van der Waals surface area contributed by atoms with Gasteiger partial charge in [-0.25, -0.2) is 4.79 Å². The first-order valence-corrected chi connectivity index (χ1v) is 11.3. The fraction of sp³-hybridized carbons (Fsp3) is 0.833. The molecule has 152 valence electrons. The normalized spacial score (nSPS) is 12.4. The summed E-state index contributed by atoms with van der Waals surface area (Å²) >= 11 is 0. The van der Waals surface area contributed by atoms with Crippen LogP contribution in [-0.4, -0.2) is 17.7 Å². The maximum Gasteiger partial charge on any atom is 0.120 e. The number of carbonyl (C=O) groups excluding carboxylic acids is 1. The van der Waals surface area contributed by atoms with Gasteiger partial charge >= 0.3 is 0 Å². The van der Waals surface area contributed by atoms with E-state index in [0.717, 1.165) is 25.7 Å². The van der Waals surface area contributed by atoms with Crippen molar-refractivity contribution in [2.75, 3.05) is 6.61 Å². The summed E-state index contributed by atoms with van der Waals surface area (Å²) in [7, 11) is 0. The van der Waals surface area contributed by atoms with Crippen LogP contribution < -0.4 is 0 Å². The molecule has 0 bridgehead atoms. The smallest absolute Gasteiger partial charge is 0.120 e. The van der Waals surface area contributed by atoms with E-state index >= 15 is 0 Å². The number of aliphatic hydroxyl groups excluding tert-OH is 1. The first-order valence-electron chi connectivity index (χ1n) is 11.3. The second-order valence-corrected chi connectivity index (χ2v) is 7.65. The summed E-state index contributed by atoms with van der Waals surface area (Å²) < 4.78 is 0. The second-order valence-electron chi connectivity index (χ2n) is 7.65. The van der Waals surface area contributed by atoms with Gasteiger partial charge in [-0.3, -0.25) is 0 Å². The van der Waals surface area contributed by atoms with Crippen LogP contribution >= 0.6 is 0 Å². The van der Waals surface area contributed by atoms with Crippen molar-refractivity contribution in [2.24, 2.45) is 5.92 Å². The minimum absolute atomic E-state index is 0.306. The van der Waals surface area contributed by atoms with Crippen LogP contribution in [0.1, 0.15) is 116 Å². The molecule has 0 rings (SSSR count). The third kappa shape index (κ3) is 19.5. The molecule has 1 N–H and O–H groups in total. The Hall–Kier alpha value is -0.850. The topological polar surface area (TPSA) is 37.3 Å². The van der Waals surface area contributed by atoms with Crippen molar-refractivity contribution in [1.29, 1.82) is 0 Å². The molecular weight excluding hydrogens is 320 g/mol. The average molecular weight is 365 g/mol. The van der Waals surface area contributed by atoms with E-state index in [1.54, 1.807) is 6.08 Å². The standard InChI is InChI=1S/C24H44O2/c1-2-3-4-5-6-7-8-9-10-11-12-13-16-19-24(21-23-26)20-17-14-15-18-22-25/h9-10,18,24,26H,2-8,11-17,19-21,23H2,1H3. The maximum atomic E-state index is 10.1. The molecule has 0 spiro atoms. The van der Waals surface area contributed by atoms with E-state index in [1.807, 2.05) is 5.94 Å². The molecule has 0 amide bonds. The van der Waals surface area contributed by atoms with E-state index in [9.17, 15) is 9.90 Å². The van der Waals surface area contributed by atoms with Crippen molar-refractivity contribution >= 4 is 5.94 Å². The molecule has 0 saturated carbocycles. The molecule has 2 nitrogen and oxygen atoms in total. The summed E-state index contributed by atoms with van der Waals surface area (Å²) in [6.07, 6.45) is 27.4. The zero-order valence-electron chi connectivity index (χ0n) is 17.4. The molecule has 0 aromatic carbocycles. The highest BCUT2D eigenvalue weighted by atomic mass is 16.3. The molecule has 0 aliphatic rings. The largest absolute Gasteiger partial charge is 0.396 e. The Morgan fingerprint density at radius 1 is 0.731 bits per heavy atom. The fourth-order valence-corrected chi connectivity index (χ4v) is 3.50. The average Bonchev–Trinajstić information content (AvgIpc) is 2.65. The van der Waals surface area contributed by atoms with Crippen molar-refractivity contribution in [2.45, 2.75) is 116 Å². The van der Waals surface area contributed by atoms with Crippen LogP contribution in [0.25, 0.3) is 0 Å². The first-order chi connectivity index (χ1) is 12.8. The molecule has 0 heterocycles. The number of hydrogen-bond donors (Lipinski definition) is 1. The minimum Gasteiger partial charge on any atom is -0.396 e. The van der Waals surface area contributed by atoms with Crippen LogP contribution in [0.2, 0.25) is 0 Å². The van der Waals surface area contributed by atoms with Gasteiger partial charge in [-0.2, -0.15) is 0 Å². The monoisotopic (exact) mass is 364 g/mol. The van der Waals surface area contributed by atoms with Crippen LogP contribution in [0.5, 0.6) is 0 Å². The van der Waals surface area contributed by atoms with Crippen molar-refractivity contribution in [3.63, 3.8) is 0 Å². The summed E-state index contributed by atoms with van der Waals surface area (Å²) in [4.78, 5) is 10.1. The highest BCUT2D eigenvalue weighted by molar-refractivity contribution is 5.44. The third-order valence-corrected chi connectivity index (χ3v) is 5.21. The van der Waals surface area contributed by atoms with Gasteiger partial charge in [0, 0.05) is 6.61 Å². The lowest BCUT2D eigenvalue weighted by atomic mass is 9.92. The van der Waals surface area contributed by atoms with E-state index in [0.29, 0.717) is 12.5 Å². The SMILES string of the molecule is CCCCCCCCC=CCCCCCC(CCO)CCCCC=C=O. The summed E-state index contributed by atoms with van der Waals surface area (Å²) in [6, 6.07) is 0. The van der Waals surface area contributed by atoms with Crippen molar-refractivity contribution in [3.05, 3.63) is 18.2 Å². The van der Waals surface area contributed by atoms with Crippen LogP contribution in [0.4, 0.5) is 0 Å². The van der Waals surface area contributed by atoms with Crippen LogP contribution in [0.15, 0.2) is 18.2 Å². The summed E-state index contributed by atoms with van der Waals surface area (Å²) in [5, 5.41) is 9.21. The zero-order valence-corrected chi connectivity index (χ0v) is 17.4. The number of aliphatic hydroxyl groups is 1. The Labute approximate surface area is 163 Å². The Balaban J connectivity index is 3.48. The van der Waals surface area contributed by atoms with Gasteiger partial charge in [-0.15, -0.1) is 0 Å². The van der Waals surface area contributed by atoms with Gasteiger partial charge in [0.15, 0.2) is 0 Å². The molecule has 0 aliphatic heterocycles. The van der Waals surface area contributed by atoms with Gasteiger partial charge in [-0.05, 0) is 56.9 Å². The lowest BCUT2D eigenvalue weighted by Gasteiger charge is -2.15. The third-order valence-electron chi connectivity index (χ3n) is 5.21. The molecule has 0 saturated heterocycles. The second kappa shape index (κ2) is 22.2. The predicted molar refractivity (Wildman–Crippen MR) is 114 cm³/mol. The van der Waals surface area contributed by atoms with Gasteiger partial charge in [0.2, 0.25) is 0 Å². The van der Waals surface area contributed by atoms with Crippen molar-refractivity contribution in [3.8, 4) is 0 Å². The van der Waals surface area contributed by atoms with Crippen LogP contribution in [-0.2, 0) is 4.79 Å². The highest BCUT2D eigenvalue weighted by Gasteiger charge is 2.07. The van der Waals surface area contributed by atoms with Crippen molar-refractivity contribution in [1.82, 2.24) is 0 Å². The van der Waals surface area contributed by atoms with E-state index in [2.05, 4.69) is 19.1 Å². The molecule has 0 aromatic rings. The van der Waals surface area contributed by atoms with Crippen molar-refractivity contribution < 1.29 is 9.90 Å². The van der Waals surface area contributed by atoms with E-state index in [-0.39, 0.29) is 0 Å². The molecule has 0 aliphatic carbocycles. The molecule has 26 heavy (non-hydrogen) atoms. The summed E-state index contributed by atoms with van der Waals surface area (Å²) in [5.41, 5.74) is 0. The lowest BCUT2D eigenvalue weighted by Crippen LogP contribution is -2.03. The molecule has 0 fully saturated rings. The molecule has 2 heteroatoms. The predicted octanol–water partition coefficient (Wildman–Crippen LogP) is 7.19. The first kappa shape index (κ1) is 25.1. The Morgan fingerprint density at radius 2 is 1.27 bits per heavy atom. The van der Waals surface area contributed by atoms with Gasteiger partial charge < -0.3 is 5.11 Å². The van der Waals surface area contributed by atoms with E-state index < -0.39 is 0 Å². The van der Waals surface area contributed by atoms with Crippen LogP contribution in [0, 0.1) is 5.92 Å². The molecule has 0 aromatic heterocycles. The number of allylic oxidation sites excluding steroid dienone is 3. The van der Waals surface area contributed by atoms with Gasteiger partial charge in [0.05, 0.1) is 0 Å². The lowest BCUT2D eigenvalue weighted by molar-refractivity contribution is 0.242. The van der Waals surface area contributed by atoms with Gasteiger partial charge in [0.25, 0.3) is 0 Å². The number of hydrogen-bond acceptors (Lipinski definition) is 2. The zero-order chi connectivity index (χ0) is 19.1. The minimum atomic E-state index is 0.306. The highest BCUT2D eigenvalue weighted by Crippen LogP contribution is 2.21. The molecular formula is C24H44O2. The Kier molecular flexibility index (Phi) is 21.5. The van der Waals surface area contributed by atoms with Gasteiger partial charge in [0.1, 0.15) is 5.94 Å². The quantitative estimate of drug-likeness (QED) is 0.141. The van der Waals surface area contributed by atoms with E-state index in [1.165, 1.54) is 83.5 Å². The number of unbranched alkanes of at least 4 members (excludes halogenated alkanes) is 11. The fourth-order valence-electron chi connectivity index (χ4n) is 3.50.